The van der Waals surface area contributed by atoms with E-state index in [2.05, 4.69) is 0 Å². The molecule has 0 heterocycles. The fourth-order valence-electron chi connectivity index (χ4n) is 0. The van der Waals surface area contributed by atoms with Crippen LogP contribution in [0.2, 0.25) is 0 Å². The molecule has 0 spiro atoms. The SMILES string of the molecule is O=P(P)(P)Cl. The van der Waals surface area contributed by atoms with E-state index in [0.29, 0.717) is 0 Å². The fraction of sp³-hybridized carbons (Fsp3) is 0. The summed E-state index contributed by atoms with van der Waals surface area (Å²) in [6.07, 6.45) is 0. The van der Waals surface area contributed by atoms with Crippen molar-refractivity contribution in [2.75, 3.05) is 0 Å². The summed E-state index contributed by atoms with van der Waals surface area (Å²) in [5.41, 5.74) is 0. The summed E-state index contributed by atoms with van der Waals surface area (Å²) in [4.78, 5) is 0. The Morgan fingerprint density at radius 1 is 1.60 bits per heavy atom. The van der Waals surface area contributed by atoms with Crippen molar-refractivity contribution in [3.05, 3.63) is 0 Å². The minimum atomic E-state index is -2.33. The molecule has 0 radical (unpaired) electrons. The summed E-state index contributed by atoms with van der Waals surface area (Å²) in [6.45, 7) is 0. The lowest BCUT2D eigenvalue weighted by Crippen LogP contribution is -1.15. The highest BCUT2D eigenvalue weighted by atomic mass is 35.7. The van der Waals surface area contributed by atoms with Gasteiger partial charge in [0.1, 0.15) is 0 Å². The topological polar surface area (TPSA) is 17.1 Å². The van der Waals surface area contributed by atoms with E-state index < -0.39 is 5.87 Å². The zero-order valence-electron chi connectivity index (χ0n) is 2.39. The van der Waals surface area contributed by atoms with Crippen LogP contribution in [0.3, 0.4) is 0 Å². The van der Waals surface area contributed by atoms with E-state index in [0.717, 1.165) is 0 Å². The molecule has 0 aromatic rings. The molecular weight excluding hydrogens is 144 g/mol. The molecule has 5 heteroatoms. The van der Waals surface area contributed by atoms with E-state index in [1.54, 1.807) is 0 Å². The van der Waals surface area contributed by atoms with Gasteiger partial charge in [-0.1, -0.05) is 17.9 Å². The summed E-state index contributed by atoms with van der Waals surface area (Å²) in [5, 5.41) is 0. The van der Waals surface area contributed by atoms with Crippen molar-refractivity contribution in [1.29, 1.82) is 0 Å². The van der Waals surface area contributed by atoms with E-state index >= 15 is 0 Å². The van der Waals surface area contributed by atoms with Crippen molar-refractivity contribution in [3.63, 3.8) is 0 Å². The molecule has 0 fully saturated rings. The molecule has 0 aliphatic rings. The predicted octanol–water partition coefficient (Wildman–Crippen LogP) is 2.08. The molecule has 5 heavy (non-hydrogen) atoms. The van der Waals surface area contributed by atoms with E-state index in [4.69, 9.17) is 11.2 Å². The number of rotatable bonds is 0. The van der Waals surface area contributed by atoms with Crippen LogP contribution in [-0.2, 0) is 4.57 Å². The molecule has 0 aromatic heterocycles. The van der Waals surface area contributed by atoms with E-state index in [1.165, 1.54) is 0 Å². The molecule has 1 nitrogen and oxygen atoms in total. The van der Waals surface area contributed by atoms with Crippen LogP contribution in [-0.4, -0.2) is 0 Å². The molecule has 2 atom stereocenters. The molecule has 0 aliphatic heterocycles. The first-order valence-corrected chi connectivity index (χ1v) is 6.72. The predicted molar refractivity (Wildman–Crippen MR) is 32.9 cm³/mol. The lowest BCUT2D eigenvalue weighted by atomic mass is 16.0. The van der Waals surface area contributed by atoms with Gasteiger partial charge in [0, 0.05) is 0 Å². The largest absolute Gasteiger partial charge is 0.299 e. The maximum atomic E-state index is 9.91. The molecule has 0 aromatic carbocycles. The van der Waals surface area contributed by atoms with Crippen molar-refractivity contribution in [1.82, 2.24) is 0 Å². The standard InChI is InChI=1S/ClH4OP3/c1-5(2,3)4/h3-4H2. The van der Waals surface area contributed by atoms with Crippen molar-refractivity contribution in [2.45, 2.75) is 0 Å². The van der Waals surface area contributed by atoms with E-state index in [1.807, 2.05) is 17.9 Å². The average Bonchev–Trinajstić information content (AvgIpc) is 0.722. The highest BCUT2D eigenvalue weighted by molar-refractivity contribution is 8.57. The Bertz CT molecular complexity index is 53.0. The van der Waals surface area contributed by atoms with Crippen LogP contribution >= 0.6 is 35.0 Å². The second kappa shape index (κ2) is 1.90. The van der Waals surface area contributed by atoms with Crippen LogP contribution in [0.25, 0.3) is 0 Å². The van der Waals surface area contributed by atoms with Crippen molar-refractivity contribution in [2.24, 2.45) is 0 Å². The maximum Gasteiger partial charge on any atom is 0.195 e. The first-order chi connectivity index (χ1) is 2.00. The van der Waals surface area contributed by atoms with Crippen molar-refractivity contribution < 1.29 is 4.57 Å². The van der Waals surface area contributed by atoms with Gasteiger partial charge in [0.2, 0.25) is 0 Å². The Balaban J connectivity index is 3.47. The molecular formula is H4ClOP3. The second-order valence-corrected chi connectivity index (χ2v) is 11.8. The van der Waals surface area contributed by atoms with Crippen LogP contribution < -0.4 is 0 Å². The zero-order valence-corrected chi connectivity index (χ0v) is 6.35. The molecule has 0 bridgehead atoms. The van der Waals surface area contributed by atoms with Crippen LogP contribution in [0.15, 0.2) is 0 Å². The second-order valence-electron chi connectivity index (χ2n) is 0.624. The van der Waals surface area contributed by atoms with Gasteiger partial charge >= 0.3 is 0 Å². The Labute approximate surface area is 40.2 Å². The number of hydrogen-bond acceptors (Lipinski definition) is 1. The molecule has 32 valence electrons. The smallest absolute Gasteiger partial charge is 0.195 e. The van der Waals surface area contributed by atoms with Crippen LogP contribution in [0, 0.1) is 0 Å². The van der Waals surface area contributed by atoms with Crippen molar-refractivity contribution >= 4 is 35.0 Å². The van der Waals surface area contributed by atoms with Gasteiger partial charge in [-0.3, -0.25) is 4.57 Å². The Hall–Kier alpha value is 1.38. The van der Waals surface area contributed by atoms with Gasteiger partial charge in [0.05, 0.1) is 0 Å². The Morgan fingerprint density at radius 2 is 1.60 bits per heavy atom. The summed E-state index contributed by atoms with van der Waals surface area (Å²) in [5.74, 6) is -2.33. The molecule has 0 saturated carbocycles. The highest BCUT2D eigenvalue weighted by Gasteiger charge is 1.93. The molecule has 0 aliphatic carbocycles. The molecule has 0 N–H and O–H groups in total. The molecule has 0 saturated heterocycles. The lowest BCUT2D eigenvalue weighted by Gasteiger charge is -1.82. The van der Waals surface area contributed by atoms with E-state index in [-0.39, 0.29) is 0 Å². The first-order valence-electron chi connectivity index (χ1n) is 0.868. The Morgan fingerprint density at radius 3 is 1.60 bits per heavy atom. The molecule has 2 unspecified atom stereocenters. The van der Waals surface area contributed by atoms with Crippen LogP contribution in [0.5, 0.6) is 0 Å². The minimum absolute atomic E-state index is 2.00. The zero-order chi connectivity index (χ0) is 4.50. The van der Waals surface area contributed by atoms with Gasteiger partial charge in [-0.25, -0.2) is 0 Å². The van der Waals surface area contributed by atoms with Gasteiger partial charge in [0.15, 0.2) is 5.87 Å². The summed E-state index contributed by atoms with van der Waals surface area (Å²) in [7, 11) is 4.00. The van der Waals surface area contributed by atoms with Gasteiger partial charge < -0.3 is 0 Å². The van der Waals surface area contributed by atoms with Crippen LogP contribution in [0.1, 0.15) is 0 Å². The first kappa shape index (κ1) is 6.38. The maximum absolute atomic E-state index is 9.91. The van der Waals surface area contributed by atoms with Crippen LogP contribution in [0.4, 0.5) is 0 Å². The summed E-state index contributed by atoms with van der Waals surface area (Å²) < 4.78 is 9.91. The highest BCUT2D eigenvalue weighted by Crippen LogP contribution is 2.66. The third kappa shape index (κ3) is 32.3. The number of halogens is 1. The van der Waals surface area contributed by atoms with Gasteiger partial charge in [-0.05, 0) is 11.2 Å². The molecule has 0 rings (SSSR count). The summed E-state index contributed by atoms with van der Waals surface area (Å²) >= 11 is 5.01. The quantitative estimate of drug-likeness (QED) is 0.481. The third-order valence-corrected chi connectivity index (χ3v) is 0. The van der Waals surface area contributed by atoms with Crippen molar-refractivity contribution in [3.8, 4) is 0 Å². The average molecular weight is 148 g/mol. The van der Waals surface area contributed by atoms with Gasteiger partial charge in [-0.15, -0.1) is 0 Å². The Kier molecular flexibility index (Phi) is 2.42. The molecule has 0 amide bonds. The number of hydrogen-bond donors (Lipinski definition) is 0. The monoisotopic (exact) mass is 148 g/mol. The fourth-order valence-corrected chi connectivity index (χ4v) is 0. The lowest BCUT2D eigenvalue weighted by molar-refractivity contribution is 0.601. The van der Waals surface area contributed by atoms with Gasteiger partial charge in [-0.2, -0.15) is 0 Å². The third-order valence-electron chi connectivity index (χ3n) is 0. The minimum Gasteiger partial charge on any atom is -0.299 e. The summed E-state index contributed by atoms with van der Waals surface area (Å²) in [6, 6.07) is 0. The van der Waals surface area contributed by atoms with E-state index in [9.17, 15) is 4.57 Å². The van der Waals surface area contributed by atoms with Gasteiger partial charge in [0.25, 0.3) is 0 Å². The normalized spacial score (nSPS) is 11.8.